The SMILES string of the molecule is CCN(C)C(=O)C1CNCC1c1ccccc1. The molecule has 1 fully saturated rings. The second-order valence-electron chi connectivity index (χ2n) is 4.63. The first-order valence-electron chi connectivity index (χ1n) is 6.24. The summed E-state index contributed by atoms with van der Waals surface area (Å²) >= 11 is 0. The lowest BCUT2D eigenvalue weighted by atomic mass is 9.88. The molecule has 2 atom stereocenters. The minimum Gasteiger partial charge on any atom is -0.346 e. The molecular formula is C14H20N2O. The molecule has 0 bridgehead atoms. The standard InChI is InChI=1S/C14H20N2O/c1-3-16(2)14(17)13-10-15-9-12(13)11-7-5-4-6-8-11/h4-8,12-13,15H,3,9-10H2,1-2H3. The summed E-state index contributed by atoms with van der Waals surface area (Å²) in [6.07, 6.45) is 0. The predicted octanol–water partition coefficient (Wildman–Crippen LogP) is 1.47. The molecular weight excluding hydrogens is 212 g/mol. The second kappa shape index (κ2) is 5.32. The number of rotatable bonds is 3. The minimum atomic E-state index is 0.0855. The quantitative estimate of drug-likeness (QED) is 0.856. The van der Waals surface area contributed by atoms with Crippen LogP contribution in [0.25, 0.3) is 0 Å². The Kier molecular flexibility index (Phi) is 3.79. The number of nitrogens with one attached hydrogen (secondary N) is 1. The van der Waals surface area contributed by atoms with Crippen LogP contribution in [-0.2, 0) is 4.79 Å². The lowest BCUT2D eigenvalue weighted by Crippen LogP contribution is -2.35. The van der Waals surface area contributed by atoms with Crippen molar-refractivity contribution < 1.29 is 4.79 Å². The van der Waals surface area contributed by atoms with E-state index in [4.69, 9.17) is 0 Å². The first-order chi connectivity index (χ1) is 8.24. The fourth-order valence-corrected chi connectivity index (χ4v) is 2.43. The van der Waals surface area contributed by atoms with E-state index in [9.17, 15) is 4.79 Å². The Morgan fingerprint density at radius 3 is 2.71 bits per heavy atom. The van der Waals surface area contributed by atoms with Crippen molar-refractivity contribution in [3.8, 4) is 0 Å². The van der Waals surface area contributed by atoms with Crippen molar-refractivity contribution in [1.82, 2.24) is 10.2 Å². The number of carbonyl (C=O) groups excluding carboxylic acids is 1. The van der Waals surface area contributed by atoms with Crippen LogP contribution < -0.4 is 5.32 Å². The van der Waals surface area contributed by atoms with Gasteiger partial charge < -0.3 is 10.2 Å². The van der Waals surface area contributed by atoms with Gasteiger partial charge in [0.15, 0.2) is 0 Å². The van der Waals surface area contributed by atoms with E-state index in [1.165, 1.54) is 5.56 Å². The number of hydrogen-bond acceptors (Lipinski definition) is 2. The third-order valence-electron chi connectivity index (χ3n) is 3.61. The van der Waals surface area contributed by atoms with Gasteiger partial charge in [0.1, 0.15) is 0 Å². The summed E-state index contributed by atoms with van der Waals surface area (Å²) in [7, 11) is 1.88. The number of carbonyl (C=O) groups is 1. The Balaban J connectivity index is 2.15. The summed E-state index contributed by atoms with van der Waals surface area (Å²) in [5.74, 6) is 0.659. The van der Waals surface area contributed by atoms with Gasteiger partial charge in [0.25, 0.3) is 0 Å². The Labute approximate surface area is 103 Å². The maximum absolute atomic E-state index is 12.2. The maximum atomic E-state index is 12.2. The highest BCUT2D eigenvalue weighted by Gasteiger charge is 2.34. The molecule has 1 saturated heterocycles. The molecule has 2 unspecified atom stereocenters. The zero-order chi connectivity index (χ0) is 12.3. The monoisotopic (exact) mass is 232 g/mol. The summed E-state index contributed by atoms with van der Waals surface area (Å²) in [5, 5.41) is 3.33. The highest BCUT2D eigenvalue weighted by Crippen LogP contribution is 2.29. The summed E-state index contributed by atoms with van der Waals surface area (Å²) in [5.41, 5.74) is 1.26. The summed E-state index contributed by atoms with van der Waals surface area (Å²) in [6, 6.07) is 10.3. The Morgan fingerprint density at radius 1 is 1.35 bits per heavy atom. The van der Waals surface area contributed by atoms with Crippen molar-refractivity contribution in [1.29, 1.82) is 0 Å². The van der Waals surface area contributed by atoms with Gasteiger partial charge in [-0.25, -0.2) is 0 Å². The molecule has 1 aliphatic heterocycles. The lowest BCUT2D eigenvalue weighted by Gasteiger charge is -2.23. The fourth-order valence-electron chi connectivity index (χ4n) is 2.43. The molecule has 0 saturated carbocycles. The predicted molar refractivity (Wildman–Crippen MR) is 68.9 cm³/mol. The lowest BCUT2D eigenvalue weighted by molar-refractivity contribution is -0.133. The molecule has 1 aromatic rings. The van der Waals surface area contributed by atoms with Crippen LogP contribution in [-0.4, -0.2) is 37.5 Å². The number of amides is 1. The molecule has 1 N–H and O–H groups in total. The van der Waals surface area contributed by atoms with E-state index in [0.717, 1.165) is 19.6 Å². The molecule has 17 heavy (non-hydrogen) atoms. The van der Waals surface area contributed by atoms with Gasteiger partial charge in [-0.2, -0.15) is 0 Å². The normalized spacial score (nSPS) is 23.6. The van der Waals surface area contributed by atoms with Gasteiger partial charge in [-0.05, 0) is 12.5 Å². The van der Waals surface area contributed by atoms with Crippen molar-refractivity contribution in [3.05, 3.63) is 35.9 Å². The van der Waals surface area contributed by atoms with Gasteiger partial charge in [-0.15, -0.1) is 0 Å². The van der Waals surface area contributed by atoms with Gasteiger partial charge in [0.2, 0.25) is 5.91 Å². The van der Waals surface area contributed by atoms with E-state index in [-0.39, 0.29) is 11.8 Å². The summed E-state index contributed by atoms with van der Waals surface area (Å²) in [6.45, 7) is 4.48. The molecule has 0 spiro atoms. The smallest absolute Gasteiger partial charge is 0.227 e. The van der Waals surface area contributed by atoms with Crippen LogP contribution in [0.5, 0.6) is 0 Å². The first-order valence-corrected chi connectivity index (χ1v) is 6.24. The molecule has 0 aliphatic carbocycles. The van der Waals surface area contributed by atoms with Crippen LogP contribution in [0.4, 0.5) is 0 Å². The van der Waals surface area contributed by atoms with Crippen LogP contribution in [0.2, 0.25) is 0 Å². The summed E-state index contributed by atoms with van der Waals surface area (Å²) < 4.78 is 0. The average Bonchev–Trinajstić information content (AvgIpc) is 2.87. The molecule has 0 radical (unpaired) electrons. The molecule has 92 valence electrons. The van der Waals surface area contributed by atoms with Gasteiger partial charge in [-0.3, -0.25) is 4.79 Å². The van der Waals surface area contributed by atoms with E-state index in [1.54, 1.807) is 0 Å². The van der Waals surface area contributed by atoms with Crippen LogP contribution in [0.15, 0.2) is 30.3 Å². The molecule has 1 heterocycles. The number of benzene rings is 1. The van der Waals surface area contributed by atoms with Crippen molar-refractivity contribution in [2.75, 3.05) is 26.7 Å². The summed E-state index contributed by atoms with van der Waals surface area (Å²) in [4.78, 5) is 14.1. The highest BCUT2D eigenvalue weighted by molar-refractivity contribution is 5.80. The molecule has 1 aromatic carbocycles. The molecule has 0 aromatic heterocycles. The molecule has 2 rings (SSSR count). The van der Waals surface area contributed by atoms with Gasteiger partial charge in [0.05, 0.1) is 5.92 Å². The Bertz CT molecular complexity index is 377. The highest BCUT2D eigenvalue weighted by atomic mass is 16.2. The van der Waals surface area contributed by atoms with E-state index in [0.29, 0.717) is 5.92 Å². The topological polar surface area (TPSA) is 32.3 Å². The Hall–Kier alpha value is -1.35. The van der Waals surface area contributed by atoms with Gasteiger partial charge in [-0.1, -0.05) is 30.3 Å². The number of nitrogens with zero attached hydrogens (tertiary/aromatic N) is 1. The Morgan fingerprint density at radius 2 is 2.06 bits per heavy atom. The average molecular weight is 232 g/mol. The van der Waals surface area contributed by atoms with Crippen molar-refractivity contribution in [3.63, 3.8) is 0 Å². The second-order valence-corrected chi connectivity index (χ2v) is 4.63. The third kappa shape index (κ3) is 2.50. The van der Waals surface area contributed by atoms with Gasteiger partial charge in [0, 0.05) is 32.6 Å². The van der Waals surface area contributed by atoms with Crippen LogP contribution in [0.1, 0.15) is 18.4 Å². The fraction of sp³-hybridized carbons (Fsp3) is 0.500. The maximum Gasteiger partial charge on any atom is 0.227 e. The molecule has 1 amide bonds. The van der Waals surface area contributed by atoms with E-state index < -0.39 is 0 Å². The van der Waals surface area contributed by atoms with Crippen molar-refractivity contribution in [2.24, 2.45) is 5.92 Å². The van der Waals surface area contributed by atoms with E-state index in [2.05, 4.69) is 17.4 Å². The largest absolute Gasteiger partial charge is 0.346 e. The van der Waals surface area contributed by atoms with Crippen LogP contribution >= 0.6 is 0 Å². The van der Waals surface area contributed by atoms with E-state index in [1.807, 2.05) is 37.1 Å². The van der Waals surface area contributed by atoms with Crippen LogP contribution in [0, 0.1) is 5.92 Å². The number of hydrogen-bond donors (Lipinski definition) is 1. The molecule has 3 nitrogen and oxygen atoms in total. The van der Waals surface area contributed by atoms with Gasteiger partial charge >= 0.3 is 0 Å². The zero-order valence-electron chi connectivity index (χ0n) is 10.5. The third-order valence-corrected chi connectivity index (χ3v) is 3.61. The van der Waals surface area contributed by atoms with Crippen molar-refractivity contribution in [2.45, 2.75) is 12.8 Å². The zero-order valence-corrected chi connectivity index (χ0v) is 10.5. The molecule has 3 heteroatoms. The molecule has 1 aliphatic rings. The first kappa shape index (κ1) is 12.1. The minimum absolute atomic E-state index is 0.0855. The van der Waals surface area contributed by atoms with E-state index >= 15 is 0 Å². The van der Waals surface area contributed by atoms with Crippen LogP contribution in [0.3, 0.4) is 0 Å². The van der Waals surface area contributed by atoms with Crippen molar-refractivity contribution >= 4 is 5.91 Å².